The van der Waals surface area contributed by atoms with Gasteiger partial charge in [0.25, 0.3) is 5.56 Å². The van der Waals surface area contributed by atoms with Gasteiger partial charge in [-0.2, -0.15) is 4.39 Å². The standard InChI is InChI=1S/C9H9FN2O2/c1-2-3-4-5-12-6-7(10)8(13)11-9(12)14/h1,6H,3-5H2,(H,11,13,14). The van der Waals surface area contributed by atoms with Crippen LogP contribution < -0.4 is 11.2 Å². The summed E-state index contributed by atoms with van der Waals surface area (Å²) in [5.41, 5.74) is -1.61. The van der Waals surface area contributed by atoms with E-state index in [1.165, 1.54) is 0 Å². The largest absolute Gasteiger partial charge is 0.328 e. The fraction of sp³-hybridized carbons (Fsp3) is 0.333. The maximum atomic E-state index is 12.7. The molecule has 0 saturated heterocycles. The Morgan fingerprint density at radius 2 is 2.29 bits per heavy atom. The molecule has 0 aliphatic rings. The van der Waals surface area contributed by atoms with Crippen molar-refractivity contribution in [2.24, 2.45) is 0 Å². The number of aromatic amines is 1. The predicted octanol–water partition coefficient (Wildman–Crippen LogP) is 0.0891. The Bertz CT molecular complexity index is 467. The van der Waals surface area contributed by atoms with Gasteiger partial charge in [0, 0.05) is 13.0 Å². The van der Waals surface area contributed by atoms with E-state index in [1.807, 2.05) is 4.98 Å². The van der Waals surface area contributed by atoms with Crippen LogP contribution >= 0.6 is 0 Å². The van der Waals surface area contributed by atoms with E-state index in [1.54, 1.807) is 0 Å². The van der Waals surface area contributed by atoms with Gasteiger partial charge in [-0.3, -0.25) is 14.3 Å². The molecule has 5 heteroatoms. The van der Waals surface area contributed by atoms with Gasteiger partial charge in [-0.25, -0.2) is 4.79 Å². The highest BCUT2D eigenvalue weighted by molar-refractivity contribution is 4.88. The van der Waals surface area contributed by atoms with Crippen molar-refractivity contribution in [1.82, 2.24) is 9.55 Å². The molecular weight excluding hydrogens is 187 g/mol. The average molecular weight is 196 g/mol. The van der Waals surface area contributed by atoms with E-state index >= 15 is 0 Å². The van der Waals surface area contributed by atoms with Gasteiger partial charge in [0.05, 0.1) is 6.20 Å². The first kappa shape index (κ1) is 10.3. The normalized spacial score (nSPS) is 9.71. The molecule has 0 aromatic carbocycles. The molecule has 0 amide bonds. The molecule has 0 unspecified atom stereocenters. The Balaban J connectivity index is 2.89. The van der Waals surface area contributed by atoms with Crippen molar-refractivity contribution in [1.29, 1.82) is 0 Å². The predicted molar refractivity (Wildman–Crippen MR) is 49.3 cm³/mol. The number of aryl methyl sites for hydroxylation is 1. The van der Waals surface area contributed by atoms with Crippen LogP contribution in [0.25, 0.3) is 0 Å². The highest BCUT2D eigenvalue weighted by Gasteiger charge is 2.02. The molecule has 0 aliphatic carbocycles. The monoisotopic (exact) mass is 196 g/mol. The lowest BCUT2D eigenvalue weighted by molar-refractivity contribution is 0.541. The number of H-pyrrole nitrogens is 1. The summed E-state index contributed by atoms with van der Waals surface area (Å²) >= 11 is 0. The number of terminal acetylenes is 1. The first-order valence-corrected chi connectivity index (χ1v) is 4.08. The van der Waals surface area contributed by atoms with Crippen molar-refractivity contribution < 1.29 is 4.39 Å². The molecule has 0 radical (unpaired) electrons. The summed E-state index contributed by atoms with van der Waals surface area (Å²) in [5, 5.41) is 0. The van der Waals surface area contributed by atoms with Crippen molar-refractivity contribution in [3.05, 3.63) is 32.9 Å². The lowest BCUT2D eigenvalue weighted by atomic mass is 10.3. The lowest BCUT2D eigenvalue weighted by Gasteiger charge is -2.01. The second-order valence-corrected chi connectivity index (χ2v) is 2.74. The van der Waals surface area contributed by atoms with Crippen LogP contribution in [0.5, 0.6) is 0 Å². The molecule has 0 saturated carbocycles. The number of aromatic nitrogens is 2. The fourth-order valence-corrected chi connectivity index (χ4v) is 1.00. The third-order valence-corrected chi connectivity index (χ3v) is 1.69. The lowest BCUT2D eigenvalue weighted by Crippen LogP contribution is -2.31. The smallest absolute Gasteiger partial charge is 0.298 e. The quantitative estimate of drug-likeness (QED) is 0.550. The fourth-order valence-electron chi connectivity index (χ4n) is 1.00. The van der Waals surface area contributed by atoms with Gasteiger partial charge in [-0.05, 0) is 6.42 Å². The molecular formula is C9H9FN2O2. The summed E-state index contributed by atoms with van der Waals surface area (Å²) in [6, 6.07) is 0. The Labute approximate surface area is 79.4 Å². The van der Waals surface area contributed by atoms with Crippen molar-refractivity contribution in [3.63, 3.8) is 0 Å². The Morgan fingerprint density at radius 3 is 2.93 bits per heavy atom. The van der Waals surface area contributed by atoms with Gasteiger partial charge in [-0.1, -0.05) is 0 Å². The van der Waals surface area contributed by atoms with E-state index in [9.17, 15) is 14.0 Å². The van der Waals surface area contributed by atoms with Crippen LogP contribution in [0.2, 0.25) is 0 Å². The number of hydrogen-bond donors (Lipinski definition) is 1. The minimum absolute atomic E-state index is 0.302. The molecule has 4 nitrogen and oxygen atoms in total. The number of halogens is 1. The third-order valence-electron chi connectivity index (χ3n) is 1.69. The molecule has 0 bridgehead atoms. The van der Waals surface area contributed by atoms with E-state index in [0.29, 0.717) is 19.4 Å². The minimum atomic E-state index is -0.997. The highest BCUT2D eigenvalue weighted by Crippen LogP contribution is 1.91. The van der Waals surface area contributed by atoms with Crippen LogP contribution in [0.1, 0.15) is 12.8 Å². The van der Waals surface area contributed by atoms with Crippen molar-refractivity contribution in [2.75, 3.05) is 0 Å². The van der Waals surface area contributed by atoms with Crippen molar-refractivity contribution in [2.45, 2.75) is 19.4 Å². The molecule has 74 valence electrons. The number of rotatable bonds is 3. The number of nitrogens with one attached hydrogen (secondary N) is 1. The van der Waals surface area contributed by atoms with Crippen LogP contribution in [0, 0.1) is 18.2 Å². The number of hydrogen-bond acceptors (Lipinski definition) is 2. The zero-order chi connectivity index (χ0) is 10.6. The summed E-state index contributed by atoms with van der Waals surface area (Å²) < 4.78 is 13.8. The first-order chi connectivity index (χ1) is 6.65. The molecule has 1 heterocycles. The van der Waals surface area contributed by atoms with Crippen LogP contribution in [-0.4, -0.2) is 9.55 Å². The molecule has 0 atom stereocenters. The van der Waals surface area contributed by atoms with E-state index < -0.39 is 17.1 Å². The average Bonchev–Trinajstić information content (AvgIpc) is 2.14. The SMILES string of the molecule is C#CCCCn1cc(F)c(=O)[nH]c1=O. The molecule has 1 aromatic heterocycles. The number of nitrogens with zero attached hydrogens (tertiary/aromatic N) is 1. The zero-order valence-electron chi connectivity index (χ0n) is 7.42. The summed E-state index contributed by atoms with van der Waals surface area (Å²) in [6.07, 6.45) is 6.98. The molecule has 0 spiro atoms. The van der Waals surface area contributed by atoms with Gasteiger partial charge >= 0.3 is 5.69 Å². The summed E-state index contributed by atoms with van der Waals surface area (Å²) in [7, 11) is 0. The van der Waals surface area contributed by atoms with Crippen LogP contribution in [-0.2, 0) is 6.54 Å². The van der Waals surface area contributed by atoms with Crippen molar-refractivity contribution >= 4 is 0 Å². The third kappa shape index (κ3) is 2.33. The molecule has 1 aromatic rings. The molecule has 1 rings (SSSR count). The second kappa shape index (κ2) is 4.42. The van der Waals surface area contributed by atoms with Crippen LogP contribution in [0.4, 0.5) is 4.39 Å². The van der Waals surface area contributed by atoms with Crippen LogP contribution in [0.15, 0.2) is 15.8 Å². The van der Waals surface area contributed by atoms with Gasteiger partial charge in [0.2, 0.25) is 5.82 Å². The molecule has 14 heavy (non-hydrogen) atoms. The molecule has 1 N–H and O–H groups in total. The Morgan fingerprint density at radius 1 is 1.57 bits per heavy atom. The van der Waals surface area contributed by atoms with Gasteiger partial charge in [-0.15, -0.1) is 12.3 Å². The first-order valence-electron chi connectivity index (χ1n) is 4.08. The van der Waals surface area contributed by atoms with Gasteiger partial charge < -0.3 is 0 Å². The Kier molecular flexibility index (Phi) is 3.24. The summed E-state index contributed by atoms with van der Waals surface area (Å²) in [4.78, 5) is 23.6. The van der Waals surface area contributed by atoms with Gasteiger partial charge in [0.15, 0.2) is 0 Å². The maximum absolute atomic E-state index is 12.7. The molecule has 0 aliphatic heterocycles. The zero-order valence-corrected chi connectivity index (χ0v) is 7.42. The second-order valence-electron chi connectivity index (χ2n) is 2.74. The van der Waals surface area contributed by atoms with E-state index in [4.69, 9.17) is 6.42 Å². The maximum Gasteiger partial charge on any atom is 0.328 e. The topological polar surface area (TPSA) is 54.9 Å². The minimum Gasteiger partial charge on any atom is -0.298 e. The van der Waals surface area contributed by atoms with E-state index in [0.717, 1.165) is 10.8 Å². The van der Waals surface area contributed by atoms with Crippen LogP contribution in [0.3, 0.4) is 0 Å². The molecule has 0 fully saturated rings. The van der Waals surface area contributed by atoms with E-state index in [-0.39, 0.29) is 0 Å². The van der Waals surface area contributed by atoms with Gasteiger partial charge in [0.1, 0.15) is 0 Å². The summed E-state index contributed by atoms with van der Waals surface area (Å²) in [6.45, 7) is 0.302. The highest BCUT2D eigenvalue weighted by atomic mass is 19.1. The number of unbranched alkanes of at least 4 members (excludes halogenated alkanes) is 1. The van der Waals surface area contributed by atoms with Crippen molar-refractivity contribution in [3.8, 4) is 12.3 Å². The Hall–Kier alpha value is -1.83. The van der Waals surface area contributed by atoms with E-state index in [2.05, 4.69) is 5.92 Å². The summed E-state index contributed by atoms with van der Waals surface area (Å²) in [5.74, 6) is 1.44.